The van der Waals surface area contributed by atoms with Crippen molar-refractivity contribution in [3.8, 4) is 5.75 Å². The van der Waals surface area contributed by atoms with E-state index in [0.29, 0.717) is 16.6 Å². The Labute approximate surface area is 142 Å². The van der Waals surface area contributed by atoms with Crippen molar-refractivity contribution < 1.29 is 9.90 Å². The van der Waals surface area contributed by atoms with Gasteiger partial charge in [0.2, 0.25) is 5.91 Å². The summed E-state index contributed by atoms with van der Waals surface area (Å²) in [5.41, 5.74) is 2.53. The summed E-state index contributed by atoms with van der Waals surface area (Å²) in [5.74, 6) is 0.107. The third-order valence-electron chi connectivity index (χ3n) is 3.73. The highest BCUT2D eigenvalue weighted by Crippen LogP contribution is 2.28. The van der Waals surface area contributed by atoms with Crippen molar-refractivity contribution in [2.75, 3.05) is 5.32 Å². The number of nitrogens with one attached hydrogen (secondary N) is 1. The minimum absolute atomic E-state index is 0.00207. The van der Waals surface area contributed by atoms with Crippen LogP contribution in [-0.4, -0.2) is 11.0 Å². The minimum atomic E-state index is -0.318. The lowest BCUT2D eigenvalue weighted by molar-refractivity contribution is -0.117. The number of anilines is 1. The van der Waals surface area contributed by atoms with E-state index < -0.39 is 0 Å². The minimum Gasteiger partial charge on any atom is -0.506 e. The highest BCUT2D eigenvalue weighted by Gasteiger charge is 2.17. The van der Waals surface area contributed by atoms with Crippen LogP contribution in [0.5, 0.6) is 5.75 Å². The first-order valence-electron chi connectivity index (χ1n) is 7.75. The molecular weight excluding hydrogens is 310 g/mol. The average Bonchev–Trinajstić information content (AvgIpc) is 2.50. The fourth-order valence-corrected chi connectivity index (χ4v) is 2.59. The molecule has 122 valence electrons. The van der Waals surface area contributed by atoms with Gasteiger partial charge >= 0.3 is 0 Å². The Hall–Kier alpha value is -2.00. The summed E-state index contributed by atoms with van der Waals surface area (Å²) in [5, 5.41) is 13.0. The fourth-order valence-electron chi connectivity index (χ4n) is 2.41. The molecule has 2 N–H and O–H groups in total. The molecule has 0 saturated carbocycles. The summed E-state index contributed by atoms with van der Waals surface area (Å²) >= 11 is 5.89. The molecule has 0 radical (unpaired) electrons. The summed E-state index contributed by atoms with van der Waals surface area (Å²) in [6.45, 7) is 6.21. The molecule has 0 heterocycles. The third-order valence-corrected chi connectivity index (χ3v) is 3.97. The van der Waals surface area contributed by atoms with Gasteiger partial charge in [0.15, 0.2) is 0 Å². The van der Waals surface area contributed by atoms with Crippen LogP contribution in [0.25, 0.3) is 0 Å². The molecule has 0 aliphatic rings. The quantitative estimate of drug-likeness (QED) is 0.758. The van der Waals surface area contributed by atoms with Crippen molar-refractivity contribution in [2.24, 2.45) is 5.92 Å². The zero-order chi connectivity index (χ0) is 17.0. The summed E-state index contributed by atoms with van der Waals surface area (Å²) in [7, 11) is 0. The number of benzene rings is 2. The highest BCUT2D eigenvalue weighted by molar-refractivity contribution is 6.31. The van der Waals surface area contributed by atoms with E-state index in [1.165, 1.54) is 17.7 Å². The van der Waals surface area contributed by atoms with Gasteiger partial charge in [-0.05, 0) is 48.6 Å². The highest BCUT2D eigenvalue weighted by atomic mass is 35.5. The van der Waals surface area contributed by atoms with Crippen molar-refractivity contribution >= 4 is 23.2 Å². The van der Waals surface area contributed by atoms with Crippen molar-refractivity contribution in [1.29, 1.82) is 0 Å². The van der Waals surface area contributed by atoms with Gasteiger partial charge in [0.05, 0.1) is 11.6 Å². The SMILES string of the molecule is CC(C)Cc1ccc(C(C)C(=O)Nc2cc(Cl)ccc2O)cc1. The van der Waals surface area contributed by atoms with Gasteiger partial charge in [-0.3, -0.25) is 4.79 Å². The van der Waals surface area contributed by atoms with Crippen LogP contribution in [0.1, 0.15) is 37.8 Å². The topological polar surface area (TPSA) is 49.3 Å². The Morgan fingerprint density at radius 3 is 2.39 bits per heavy atom. The molecule has 1 amide bonds. The maximum absolute atomic E-state index is 12.4. The average molecular weight is 332 g/mol. The number of hydrogen-bond donors (Lipinski definition) is 2. The molecule has 0 saturated heterocycles. The van der Waals surface area contributed by atoms with E-state index in [-0.39, 0.29) is 17.6 Å². The van der Waals surface area contributed by atoms with E-state index >= 15 is 0 Å². The maximum Gasteiger partial charge on any atom is 0.231 e. The monoisotopic (exact) mass is 331 g/mol. The van der Waals surface area contributed by atoms with Gasteiger partial charge in [-0.2, -0.15) is 0 Å². The van der Waals surface area contributed by atoms with Crippen molar-refractivity contribution in [1.82, 2.24) is 0 Å². The molecule has 0 aliphatic carbocycles. The number of phenolic OH excluding ortho intramolecular Hbond substituents is 1. The van der Waals surface area contributed by atoms with Crippen LogP contribution >= 0.6 is 11.6 Å². The molecule has 0 spiro atoms. The second kappa shape index (κ2) is 7.51. The fraction of sp³-hybridized carbons (Fsp3) is 0.316. The standard InChI is InChI=1S/C19H22ClNO2/c1-12(2)10-14-4-6-15(7-5-14)13(3)19(23)21-17-11-16(20)8-9-18(17)22/h4-9,11-13,22H,10H2,1-3H3,(H,21,23). The Balaban J connectivity index is 2.08. The number of amides is 1. The van der Waals surface area contributed by atoms with Gasteiger partial charge in [-0.25, -0.2) is 0 Å². The normalized spacial score (nSPS) is 12.2. The number of aromatic hydroxyl groups is 1. The molecule has 0 aromatic heterocycles. The smallest absolute Gasteiger partial charge is 0.231 e. The van der Waals surface area contributed by atoms with Gasteiger partial charge in [-0.1, -0.05) is 49.7 Å². The zero-order valence-electron chi connectivity index (χ0n) is 13.6. The second-order valence-electron chi connectivity index (χ2n) is 6.21. The molecule has 2 aromatic carbocycles. The lowest BCUT2D eigenvalue weighted by atomic mass is 9.96. The van der Waals surface area contributed by atoms with Crippen LogP contribution in [0, 0.1) is 5.92 Å². The number of halogens is 1. The lowest BCUT2D eigenvalue weighted by Crippen LogP contribution is -2.19. The Kier molecular flexibility index (Phi) is 5.67. The number of hydrogen-bond acceptors (Lipinski definition) is 2. The zero-order valence-corrected chi connectivity index (χ0v) is 14.4. The molecule has 0 fully saturated rings. The van der Waals surface area contributed by atoms with Crippen LogP contribution < -0.4 is 5.32 Å². The van der Waals surface area contributed by atoms with E-state index in [9.17, 15) is 9.90 Å². The Morgan fingerprint density at radius 1 is 1.13 bits per heavy atom. The predicted molar refractivity (Wildman–Crippen MR) is 95.1 cm³/mol. The first-order valence-corrected chi connectivity index (χ1v) is 8.13. The van der Waals surface area contributed by atoms with Crippen molar-refractivity contribution in [3.05, 3.63) is 58.6 Å². The molecule has 2 aromatic rings. The van der Waals surface area contributed by atoms with Crippen LogP contribution in [-0.2, 0) is 11.2 Å². The molecule has 0 aliphatic heterocycles. The van der Waals surface area contributed by atoms with Crippen molar-refractivity contribution in [3.63, 3.8) is 0 Å². The number of carbonyl (C=O) groups is 1. The molecule has 3 nitrogen and oxygen atoms in total. The molecule has 0 bridgehead atoms. The first-order chi connectivity index (χ1) is 10.9. The summed E-state index contributed by atoms with van der Waals surface area (Å²) in [6.07, 6.45) is 1.03. The summed E-state index contributed by atoms with van der Waals surface area (Å²) in [4.78, 5) is 12.4. The van der Waals surface area contributed by atoms with E-state index in [4.69, 9.17) is 11.6 Å². The van der Waals surface area contributed by atoms with Gasteiger partial charge in [-0.15, -0.1) is 0 Å². The second-order valence-corrected chi connectivity index (χ2v) is 6.65. The van der Waals surface area contributed by atoms with E-state index in [1.807, 2.05) is 19.1 Å². The van der Waals surface area contributed by atoms with Gasteiger partial charge in [0, 0.05) is 5.02 Å². The molecular formula is C19H22ClNO2. The maximum atomic E-state index is 12.4. The number of phenols is 1. The van der Waals surface area contributed by atoms with Crippen LogP contribution in [0.2, 0.25) is 5.02 Å². The molecule has 4 heteroatoms. The van der Waals surface area contributed by atoms with E-state index in [1.54, 1.807) is 6.07 Å². The molecule has 2 rings (SSSR count). The van der Waals surface area contributed by atoms with Gasteiger partial charge in [0.25, 0.3) is 0 Å². The number of carbonyl (C=O) groups excluding carboxylic acids is 1. The summed E-state index contributed by atoms with van der Waals surface area (Å²) < 4.78 is 0. The van der Waals surface area contributed by atoms with Crippen LogP contribution in [0.15, 0.2) is 42.5 Å². The Morgan fingerprint density at radius 2 is 1.78 bits per heavy atom. The largest absolute Gasteiger partial charge is 0.506 e. The van der Waals surface area contributed by atoms with Crippen LogP contribution in [0.4, 0.5) is 5.69 Å². The first kappa shape index (κ1) is 17.4. The summed E-state index contributed by atoms with van der Waals surface area (Å²) in [6, 6.07) is 12.7. The van der Waals surface area contributed by atoms with Crippen LogP contribution in [0.3, 0.4) is 0 Å². The van der Waals surface area contributed by atoms with Crippen molar-refractivity contribution in [2.45, 2.75) is 33.1 Å². The third kappa shape index (κ3) is 4.73. The Bertz CT molecular complexity index is 680. The van der Waals surface area contributed by atoms with Gasteiger partial charge < -0.3 is 10.4 Å². The van der Waals surface area contributed by atoms with E-state index in [2.05, 4.69) is 31.3 Å². The molecule has 1 unspecified atom stereocenters. The predicted octanol–water partition coefficient (Wildman–Crippen LogP) is 4.99. The number of rotatable bonds is 5. The molecule has 1 atom stereocenters. The molecule has 23 heavy (non-hydrogen) atoms. The van der Waals surface area contributed by atoms with E-state index in [0.717, 1.165) is 12.0 Å². The lowest BCUT2D eigenvalue weighted by Gasteiger charge is -2.14. The van der Waals surface area contributed by atoms with Gasteiger partial charge in [0.1, 0.15) is 5.75 Å².